The van der Waals surface area contributed by atoms with Crippen molar-refractivity contribution in [3.8, 4) is 22.3 Å². The van der Waals surface area contributed by atoms with Gasteiger partial charge in [0.05, 0.1) is 0 Å². The highest BCUT2D eigenvalue weighted by atomic mass is 32.1. The van der Waals surface area contributed by atoms with Gasteiger partial charge in [-0.15, -0.1) is 12.6 Å². The van der Waals surface area contributed by atoms with Crippen LogP contribution in [0, 0.1) is 0 Å². The van der Waals surface area contributed by atoms with Crippen molar-refractivity contribution in [2.75, 3.05) is 0 Å². The minimum atomic E-state index is 0.119. The van der Waals surface area contributed by atoms with E-state index in [1.807, 2.05) is 0 Å². The van der Waals surface area contributed by atoms with Gasteiger partial charge >= 0.3 is 0 Å². The SMILES string of the molecule is CC(C)(C)c1cccc(-c2cccc(S)c2-c2cccc(C(C)(C)C)c2)c1. The summed E-state index contributed by atoms with van der Waals surface area (Å²) >= 11 is 4.82. The van der Waals surface area contributed by atoms with E-state index >= 15 is 0 Å². The van der Waals surface area contributed by atoms with Gasteiger partial charge in [0.2, 0.25) is 0 Å². The monoisotopic (exact) mass is 374 g/mol. The number of hydrogen-bond acceptors (Lipinski definition) is 1. The smallest absolute Gasteiger partial charge is 0.0125 e. The maximum absolute atomic E-state index is 4.82. The van der Waals surface area contributed by atoms with Crippen molar-refractivity contribution in [1.82, 2.24) is 0 Å². The van der Waals surface area contributed by atoms with Crippen LogP contribution < -0.4 is 0 Å². The predicted octanol–water partition coefficient (Wildman–Crippen LogP) is 7.90. The zero-order chi connectivity index (χ0) is 19.8. The molecule has 3 aromatic carbocycles. The first-order valence-corrected chi connectivity index (χ1v) is 10.1. The molecule has 0 N–H and O–H groups in total. The largest absolute Gasteiger partial charge is 0.143 e. The normalized spacial score (nSPS) is 12.3. The van der Waals surface area contributed by atoms with Crippen LogP contribution in [0.4, 0.5) is 0 Å². The van der Waals surface area contributed by atoms with Gasteiger partial charge in [-0.25, -0.2) is 0 Å². The summed E-state index contributed by atoms with van der Waals surface area (Å²) in [4.78, 5) is 1.01. The Bertz CT molecular complexity index is 952. The molecule has 0 saturated carbocycles. The molecule has 0 fully saturated rings. The van der Waals surface area contributed by atoms with Crippen LogP contribution in [0.15, 0.2) is 71.6 Å². The molecule has 0 saturated heterocycles. The second-order valence-electron chi connectivity index (χ2n) is 9.36. The summed E-state index contributed by atoms with van der Waals surface area (Å²) in [5.41, 5.74) is 7.84. The minimum Gasteiger partial charge on any atom is -0.143 e. The average Bonchev–Trinajstić information content (AvgIpc) is 2.60. The van der Waals surface area contributed by atoms with Crippen molar-refractivity contribution in [1.29, 1.82) is 0 Å². The highest BCUT2D eigenvalue weighted by Crippen LogP contribution is 2.39. The Kier molecular flexibility index (Phi) is 5.27. The van der Waals surface area contributed by atoms with E-state index in [2.05, 4.69) is 108 Å². The van der Waals surface area contributed by atoms with E-state index < -0.39 is 0 Å². The molecule has 0 bridgehead atoms. The van der Waals surface area contributed by atoms with E-state index in [1.165, 1.54) is 33.4 Å². The summed E-state index contributed by atoms with van der Waals surface area (Å²) < 4.78 is 0. The van der Waals surface area contributed by atoms with E-state index in [0.29, 0.717) is 0 Å². The fourth-order valence-corrected chi connectivity index (χ4v) is 3.71. The molecule has 0 aromatic heterocycles. The molecule has 0 unspecified atom stereocenters. The molecule has 0 radical (unpaired) electrons. The molecular weight excluding hydrogens is 344 g/mol. The fraction of sp³-hybridized carbons (Fsp3) is 0.308. The van der Waals surface area contributed by atoms with E-state index in [1.54, 1.807) is 0 Å². The molecule has 0 aliphatic carbocycles. The molecule has 140 valence electrons. The lowest BCUT2D eigenvalue weighted by Crippen LogP contribution is -2.11. The van der Waals surface area contributed by atoms with E-state index in [4.69, 9.17) is 12.6 Å². The van der Waals surface area contributed by atoms with Gasteiger partial charge in [-0.1, -0.05) is 102 Å². The van der Waals surface area contributed by atoms with Crippen molar-refractivity contribution in [2.45, 2.75) is 57.3 Å². The van der Waals surface area contributed by atoms with Crippen LogP contribution in [0.1, 0.15) is 52.7 Å². The molecule has 3 aromatic rings. The average molecular weight is 375 g/mol. The van der Waals surface area contributed by atoms with E-state index in [-0.39, 0.29) is 10.8 Å². The lowest BCUT2D eigenvalue weighted by atomic mass is 9.83. The highest BCUT2D eigenvalue weighted by molar-refractivity contribution is 7.80. The number of benzene rings is 3. The Morgan fingerprint density at radius 2 is 1.07 bits per heavy atom. The molecule has 0 nitrogen and oxygen atoms in total. The second-order valence-corrected chi connectivity index (χ2v) is 9.84. The van der Waals surface area contributed by atoms with Gasteiger partial charge in [0.1, 0.15) is 0 Å². The fourth-order valence-electron chi connectivity index (χ4n) is 3.38. The summed E-state index contributed by atoms with van der Waals surface area (Å²) in [6.45, 7) is 13.5. The zero-order valence-corrected chi connectivity index (χ0v) is 18.2. The molecule has 0 spiro atoms. The van der Waals surface area contributed by atoms with Gasteiger partial charge in [0, 0.05) is 10.5 Å². The maximum Gasteiger partial charge on any atom is 0.0125 e. The highest BCUT2D eigenvalue weighted by Gasteiger charge is 2.18. The standard InChI is InChI=1S/C26H30S/c1-25(2,3)20-12-7-10-18(16-20)22-14-9-15-23(27)24(22)19-11-8-13-21(17-19)26(4,5)6/h7-17,27H,1-6H3. The summed E-state index contributed by atoms with van der Waals surface area (Å²) in [6.07, 6.45) is 0. The van der Waals surface area contributed by atoms with Crippen molar-refractivity contribution >= 4 is 12.6 Å². The van der Waals surface area contributed by atoms with Crippen LogP contribution in [0.3, 0.4) is 0 Å². The van der Waals surface area contributed by atoms with E-state index in [0.717, 1.165) is 4.90 Å². The van der Waals surface area contributed by atoms with Crippen LogP contribution in [-0.4, -0.2) is 0 Å². The summed E-state index contributed by atoms with van der Waals surface area (Å²) in [5, 5.41) is 0. The molecular formula is C26H30S. The lowest BCUT2D eigenvalue weighted by Gasteiger charge is -2.22. The van der Waals surface area contributed by atoms with Crippen LogP contribution in [-0.2, 0) is 10.8 Å². The third-order valence-electron chi connectivity index (χ3n) is 5.10. The Balaban J connectivity index is 2.21. The van der Waals surface area contributed by atoms with Gasteiger partial charge in [-0.2, -0.15) is 0 Å². The van der Waals surface area contributed by atoms with Crippen LogP contribution in [0.2, 0.25) is 0 Å². The quantitative estimate of drug-likeness (QED) is 0.433. The molecule has 0 aliphatic rings. The zero-order valence-electron chi connectivity index (χ0n) is 17.3. The van der Waals surface area contributed by atoms with Crippen LogP contribution >= 0.6 is 12.6 Å². The number of thiol groups is 1. The molecule has 0 heterocycles. The van der Waals surface area contributed by atoms with Crippen molar-refractivity contribution < 1.29 is 0 Å². The van der Waals surface area contributed by atoms with Crippen molar-refractivity contribution in [3.63, 3.8) is 0 Å². The Morgan fingerprint density at radius 3 is 1.63 bits per heavy atom. The molecule has 1 heteroatoms. The van der Waals surface area contributed by atoms with Gasteiger partial charge in [0.25, 0.3) is 0 Å². The van der Waals surface area contributed by atoms with Crippen LogP contribution in [0.5, 0.6) is 0 Å². The Hall–Kier alpha value is -1.99. The third-order valence-corrected chi connectivity index (χ3v) is 5.47. The minimum absolute atomic E-state index is 0.119. The molecule has 0 aliphatic heterocycles. The van der Waals surface area contributed by atoms with E-state index in [9.17, 15) is 0 Å². The van der Waals surface area contributed by atoms with Gasteiger partial charge in [-0.3, -0.25) is 0 Å². The summed E-state index contributed by atoms with van der Waals surface area (Å²) in [5.74, 6) is 0. The van der Waals surface area contributed by atoms with Crippen molar-refractivity contribution in [2.24, 2.45) is 0 Å². The Labute approximate surface area is 170 Å². The molecule has 0 atom stereocenters. The first-order valence-electron chi connectivity index (χ1n) is 9.61. The summed E-state index contributed by atoms with van der Waals surface area (Å²) in [6, 6.07) is 24.2. The molecule has 3 rings (SSSR count). The number of rotatable bonds is 2. The third kappa shape index (κ3) is 4.30. The molecule has 27 heavy (non-hydrogen) atoms. The second kappa shape index (κ2) is 7.20. The maximum atomic E-state index is 4.82. The predicted molar refractivity (Wildman–Crippen MR) is 122 cm³/mol. The van der Waals surface area contributed by atoms with Crippen molar-refractivity contribution in [3.05, 3.63) is 77.9 Å². The summed E-state index contributed by atoms with van der Waals surface area (Å²) in [7, 11) is 0. The Morgan fingerprint density at radius 1 is 0.593 bits per heavy atom. The molecule has 0 amide bonds. The van der Waals surface area contributed by atoms with Crippen LogP contribution in [0.25, 0.3) is 22.3 Å². The van der Waals surface area contributed by atoms with Gasteiger partial charge < -0.3 is 0 Å². The lowest BCUT2D eigenvalue weighted by molar-refractivity contribution is 0.590. The van der Waals surface area contributed by atoms with Gasteiger partial charge in [0.15, 0.2) is 0 Å². The van der Waals surface area contributed by atoms with Gasteiger partial charge in [-0.05, 0) is 44.7 Å². The number of hydrogen-bond donors (Lipinski definition) is 1. The topological polar surface area (TPSA) is 0 Å². The first kappa shape index (κ1) is 19.8. The first-order chi connectivity index (χ1) is 12.6.